The van der Waals surface area contributed by atoms with Gasteiger partial charge in [0, 0.05) is 4.47 Å². The molecule has 0 unspecified atom stereocenters. The third-order valence-electron chi connectivity index (χ3n) is 2.19. The number of hydrogen-bond acceptors (Lipinski definition) is 2. The molecule has 1 aromatic carbocycles. The van der Waals surface area contributed by atoms with Crippen LogP contribution in [-0.4, -0.2) is 14.0 Å². The van der Waals surface area contributed by atoms with Gasteiger partial charge in [-0.3, -0.25) is 0 Å². The van der Waals surface area contributed by atoms with Crippen molar-refractivity contribution in [3.63, 3.8) is 0 Å². The first kappa shape index (κ1) is 14.2. The number of benzene rings is 1. The van der Waals surface area contributed by atoms with Gasteiger partial charge < -0.3 is 0 Å². The average Bonchev–Trinajstić information content (AvgIpc) is 2.20. The molecule has 0 heterocycles. The highest BCUT2D eigenvalue weighted by molar-refractivity contribution is 9.10. The van der Waals surface area contributed by atoms with Crippen molar-refractivity contribution in [1.82, 2.24) is 4.72 Å². The molecule has 0 saturated carbocycles. The van der Waals surface area contributed by atoms with Gasteiger partial charge in [0.05, 0.1) is 10.4 Å². The lowest BCUT2D eigenvalue weighted by Crippen LogP contribution is -2.41. The molecule has 1 rings (SSSR count). The summed E-state index contributed by atoms with van der Waals surface area (Å²) in [5.74, 6) is 2.39. The lowest BCUT2D eigenvalue weighted by Gasteiger charge is -2.19. The summed E-state index contributed by atoms with van der Waals surface area (Å²) in [6.07, 6.45) is 5.26. The molecule has 0 aromatic heterocycles. The Labute approximate surface area is 111 Å². The fraction of sp³-hybridized carbons (Fsp3) is 0.333. The number of aryl methyl sites for hydroxylation is 1. The van der Waals surface area contributed by atoms with Crippen molar-refractivity contribution in [2.24, 2.45) is 0 Å². The Morgan fingerprint density at radius 1 is 1.41 bits per heavy atom. The third kappa shape index (κ3) is 3.56. The molecule has 1 aromatic rings. The number of sulfonamides is 1. The van der Waals surface area contributed by atoms with Crippen LogP contribution in [0.15, 0.2) is 27.6 Å². The summed E-state index contributed by atoms with van der Waals surface area (Å²) in [5, 5.41) is 0. The van der Waals surface area contributed by atoms with Crippen molar-refractivity contribution >= 4 is 26.0 Å². The summed E-state index contributed by atoms with van der Waals surface area (Å²) in [6.45, 7) is 5.10. The lowest BCUT2D eigenvalue weighted by molar-refractivity contribution is 0.539. The Kier molecular flexibility index (Phi) is 4.03. The van der Waals surface area contributed by atoms with E-state index in [0.29, 0.717) is 0 Å². The molecular formula is C12H14BrNO2S. The maximum Gasteiger partial charge on any atom is 0.241 e. The van der Waals surface area contributed by atoms with Crippen LogP contribution in [0.2, 0.25) is 0 Å². The minimum absolute atomic E-state index is 0.210. The van der Waals surface area contributed by atoms with E-state index in [0.717, 1.165) is 10.0 Å². The first-order valence-electron chi connectivity index (χ1n) is 4.96. The topological polar surface area (TPSA) is 46.2 Å². The van der Waals surface area contributed by atoms with Crippen LogP contribution in [0.25, 0.3) is 0 Å². The summed E-state index contributed by atoms with van der Waals surface area (Å²) in [6, 6.07) is 4.83. The maximum absolute atomic E-state index is 12.0. The molecule has 3 nitrogen and oxygen atoms in total. The van der Waals surface area contributed by atoms with Crippen LogP contribution in [0.3, 0.4) is 0 Å². The van der Waals surface area contributed by atoms with Gasteiger partial charge in [-0.05, 0) is 44.5 Å². The van der Waals surface area contributed by atoms with E-state index < -0.39 is 15.6 Å². The van der Waals surface area contributed by atoms with E-state index in [1.165, 1.54) is 6.07 Å². The summed E-state index contributed by atoms with van der Waals surface area (Å²) in [5.41, 5.74) is -0.0498. The molecule has 0 saturated heterocycles. The number of rotatable bonds is 3. The highest BCUT2D eigenvalue weighted by Gasteiger charge is 2.24. The summed E-state index contributed by atoms with van der Waals surface area (Å²) >= 11 is 3.32. The van der Waals surface area contributed by atoms with Crippen LogP contribution in [0.1, 0.15) is 19.4 Å². The molecule has 5 heteroatoms. The van der Waals surface area contributed by atoms with Crippen molar-refractivity contribution in [2.45, 2.75) is 31.2 Å². The largest absolute Gasteiger partial charge is 0.241 e. The fourth-order valence-corrected chi connectivity index (χ4v) is 2.88. The third-order valence-corrected chi connectivity index (χ3v) is 4.73. The van der Waals surface area contributed by atoms with Crippen LogP contribution >= 0.6 is 15.9 Å². The highest BCUT2D eigenvalue weighted by atomic mass is 79.9. The minimum Gasteiger partial charge on any atom is -0.207 e. The average molecular weight is 316 g/mol. The van der Waals surface area contributed by atoms with Crippen molar-refractivity contribution in [1.29, 1.82) is 0 Å². The Hall–Kier alpha value is -0.830. The van der Waals surface area contributed by atoms with Crippen molar-refractivity contribution in [3.8, 4) is 12.3 Å². The molecule has 0 aliphatic carbocycles. The van der Waals surface area contributed by atoms with Gasteiger partial charge in [0.25, 0.3) is 0 Å². The summed E-state index contributed by atoms with van der Waals surface area (Å²) in [4.78, 5) is 0.210. The SMILES string of the molecule is C#CC(C)(C)NS(=O)(=O)c1ccc(Br)c(C)c1. The van der Waals surface area contributed by atoms with E-state index in [-0.39, 0.29) is 4.90 Å². The Morgan fingerprint density at radius 3 is 2.47 bits per heavy atom. The smallest absolute Gasteiger partial charge is 0.207 e. The van der Waals surface area contributed by atoms with Gasteiger partial charge in [-0.1, -0.05) is 21.9 Å². The van der Waals surface area contributed by atoms with Crippen LogP contribution in [0, 0.1) is 19.3 Å². The monoisotopic (exact) mass is 315 g/mol. The molecule has 0 radical (unpaired) electrons. The fourth-order valence-electron chi connectivity index (χ4n) is 1.21. The standard InChI is InChI=1S/C12H14BrNO2S/c1-5-12(3,4)14-17(15,16)10-6-7-11(13)9(2)8-10/h1,6-8,14H,2-4H3. The van der Waals surface area contributed by atoms with Gasteiger partial charge in [-0.15, -0.1) is 6.42 Å². The van der Waals surface area contributed by atoms with Crippen molar-refractivity contribution in [3.05, 3.63) is 28.2 Å². The summed E-state index contributed by atoms with van der Waals surface area (Å²) < 4.78 is 27.4. The van der Waals surface area contributed by atoms with Gasteiger partial charge in [0.15, 0.2) is 0 Å². The van der Waals surface area contributed by atoms with Gasteiger partial charge >= 0.3 is 0 Å². The highest BCUT2D eigenvalue weighted by Crippen LogP contribution is 2.20. The van der Waals surface area contributed by atoms with E-state index in [9.17, 15) is 8.42 Å². The predicted molar refractivity (Wildman–Crippen MR) is 72.1 cm³/mol. The number of nitrogens with one attached hydrogen (secondary N) is 1. The summed E-state index contributed by atoms with van der Waals surface area (Å²) in [7, 11) is -3.58. The van der Waals surface area contributed by atoms with Gasteiger partial charge in [-0.25, -0.2) is 8.42 Å². The van der Waals surface area contributed by atoms with E-state index in [2.05, 4.69) is 26.6 Å². The van der Waals surface area contributed by atoms with E-state index >= 15 is 0 Å². The van der Waals surface area contributed by atoms with Crippen LogP contribution in [0.5, 0.6) is 0 Å². The lowest BCUT2D eigenvalue weighted by atomic mass is 10.1. The van der Waals surface area contributed by atoms with Gasteiger partial charge in [-0.2, -0.15) is 4.72 Å². The first-order valence-corrected chi connectivity index (χ1v) is 7.23. The Balaban J connectivity index is 3.16. The van der Waals surface area contributed by atoms with Crippen LogP contribution in [-0.2, 0) is 10.0 Å². The molecule has 17 heavy (non-hydrogen) atoms. The molecular weight excluding hydrogens is 302 g/mol. The number of hydrogen-bond donors (Lipinski definition) is 1. The normalized spacial score (nSPS) is 12.2. The second kappa shape index (κ2) is 4.81. The van der Waals surface area contributed by atoms with Gasteiger partial charge in [0.1, 0.15) is 0 Å². The quantitative estimate of drug-likeness (QED) is 0.871. The molecule has 92 valence electrons. The second-order valence-corrected chi connectivity index (χ2v) is 6.82. The van der Waals surface area contributed by atoms with Crippen molar-refractivity contribution < 1.29 is 8.42 Å². The Bertz CT molecular complexity index is 571. The molecule has 0 aliphatic rings. The van der Waals surface area contributed by atoms with E-state index in [1.54, 1.807) is 26.0 Å². The molecule has 0 amide bonds. The first-order chi connectivity index (χ1) is 7.68. The van der Waals surface area contributed by atoms with E-state index in [4.69, 9.17) is 6.42 Å². The zero-order chi connectivity index (χ0) is 13.3. The molecule has 0 aliphatic heterocycles. The van der Waals surface area contributed by atoms with Gasteiger partial charge in [0.2, 0.25) is 10.0 Å². The van der Waals surface area contributed by atoms with Crippen molar-refractivity contribution in [2.75, 3.05) is 0 Å². The number of halogens is 1. The van der Waals surface area contributed by atoms with Crippen LogP contribution in [0.4, 0.5) is 0 Å². The number of terminal acetylenes is 1. The molecule has 0 atom stereocenters. The van der Waals surface area contributed by atoms with E-state index in [1.807, 2.05) is 6.92 Å². The zero-order valence-electron chi connectivity index (χ0n) is 9.91. The predicted octanol–water partition coefficient (Wildman–Crippen LogP) is 2.45. The molecule has 0 spiro atoms. The minimum atomic E-state index is -3.58. The Morgan fingerprint density at radius 2 is 2.00 bits per heavy atom. The molecule has 0 fully saturated rings. The maximum atomic E-state index is 12.0. The van der Waals surface area contributed by atoms with Crippen LogP contribution < -0.4 is 4.72 Å². The molecule has 1 N–H and O–H groups in total. The molecule has 0 bridgehead atoms. The zero-order valence-corrected chi connectivity index (χ0v) is 12.3. The second-order valence-electron chi connectivity index (χ2n) is 4.29.